The highest BCUT2D eigenvalue weighted by Crippen LogP contribution is 2.31. The first-order valence-corrected chi connectivity index (χ1v) is 4.80. The van der Waals surface area contributed by atoms with E-state index in [1.165, 1.54) is 5.56 Å². The normalized spacial score (nSPS) is 19.4. The molecule has 1 aliphatic rings. The zero-order chi connectivity index (χ0) is 9.97. The lowest BCUT2D eigenvalue weighted by Gasteiger charge is -2.27. The first kappa shape index (κ1) is 9.34. The molecule has 2 rings (SSSR count). The van der Waals surface area contributed by atoms with Crippen LogP contribution in [0.1, 0.15) is 5.56 Å². The van der Waals surface area contributed by atoms with Crippen molar-refractivity contribution in [2.45, 2.75) is 13.0 Å². The second-order valence-corrected chi connectivity index (χ2v) is 3.52. The van der Waals surface area contributed by atoms with Crippen LogP contribution in [0, 0.1) is 6.92 Å². The Hall–Kier alpha value is -1.22. The van der Waals surface area contributed by atoms with E-state index in [9.17, 15) is 0 Å². The summed E-state index contributed by atoms with van der Waals surface area (Å²) in [7, 11) is 1.69. The molecule has 0 spiro atoms. The van der Waals surface area contributed by atoms with E-state index in [0.29, 0.717) is 6.61 Å². The number of para-hydroxylation sites is 1. The minimum Gasteiger partial charge on any atom is -0.484 e. The summed E-state index contributed by atoms with van der Waals surface area (Å²) in [5, 5.41) is 3.36. The number of fused-ring (bicyclic) bond motifs is 1. The molecular weight excluding hydrogens is 178 g/mol. The van der Waals surface area contributed by atoms with Crippen LogP contribution >= 0.6 is 0 Å². The van der Waals surface area contributed by atoms with Crippen LogP contribution in [-0.4, -0.2) is 26.4 Å². The van der Waals surface area contributed by atoms with E-state index in [1.807, 2.05) is 12.1 Å². The smallest absolute Gasteiger partial charge is 0.143 e. The van der Waals surface area contributed by atoms with Crippen LogP contribution in [0.15, 0.2) is 18.2 Å². The van der Waals surface area contributed by atoms with Gasteiger partial charge in [-0.3, -0.25) is 0 Å². The van der Waals surface area contributed by atoms with Gasteiger partial charge in [0.2, 0.25) is 0 Å². The lowest BCUT2D eigenvalue weighted by Crippen LogP contribution is -2.34. The molecule has 0 bridgehead atoms. The van der Waals surface area contributed by atoms with Crippen LogP contribution in [-0.2, 0) is 4.74 Å². The van der Waals surface area contributed by atoms with Crippen LogP contribution < -0.4 is 10.1 Å². The molecule has 0 radical (unpaired) electrons. The van der Waals surface area contributed by atoms with Gasteiger partial charge in [-0.2, -0.15) is 0 Å². The van der Waals surface area contributed by atoms with Crippen molar-refractivity contribution in [1.82, 2.24) is 0 Å². The summed E-state index contributed by atoms with van der Waals surface area (Å²) >= 11 is 0. The van der Waals surface area contributed by atoms with Gasteiger partial charge < -0.3 is 14.8 Å². The van der Waals surface area contributed by atoms with Gasteiger partial charge in [-0.15, -0.1) is 0 Å². The highest BCUT2D eigenvalue weighted by Gasteiger charge is 2.19. The Morgan fingerprint density at radius 1 is 1.57 bits per heavy atom. The molecule has 3 heteroatoms. The number of anilines is 1. The van der Waals surface area contributed by atoms with Gasteiger partial charge in [-0.25, -0.2) is 0 Å². The zero-order valence-corrected chi connectivity index (χ0v) is 8.54. The summed E-state index contributed by atoms with van der Waals surface area (Å²) < 4.78 is 10.8. The van der Waals surface area contributed by atoms with E-state index in [-0.39, 0.29) is 6.10 Å². The van der Waals surface area contributed by atoms with Crippen molar-refractivity contribution < 1.29 is 9.47 Å². The van der Waals surface area contributed by atoms with E-state index < -0.39 is 0 Å². The van der Waals surface area contributed by atoms with Crippen LogP contribution in [0.2, 0.25) is 0 Å². The number of aryl methyl sites for hydroxylation is 1. The monoisotopic (exact) mass is 193 g/mol. The van der Waals surface area contributed by atoms with Crippen LogP contribution in [0.25, 0.3) is 0 Å². The minimum absolute atomic E-state index is 0.120. The number of hydrogen-bond donors (Lipinski definition) is 1. The summed E-state index contributed by atoms with van der Waals surface area (Å²) in [6.45, 7) is 3.51. The average Bonchev–Trinajstić information content (AvgIpc) is 2.18. The summed E-state index contributed by atoms with van der Waals surface area (Å²) in [4.78, 5) is 0. The molecule has 1 unspecified atom stereocenters. The van der Waals surface area contributed by atoms with Crippen molar-refractivity contribution >= 4 is 5.69 Å². The molecular formula is C11H15NO2. The van der Waals surface area contributed by atoms with Gasteiger partial charge in [0.25, 0.3) is 0 Å². The Balaban J connectivity index is 2.18. The number of rotatable bonds is 2. The van der Waals surface area contributed by atoms with E-state index in [4.69, 9.17) is 9.47 Å². The zero-order valence-electron chi connectivity index (χ0n) is 8.54. The maximum absolute atomic E-state index is 5.77. The summed E-state index contributed by atoms with van der Waals surface area (Å²) in [5.74, 6) is 0.929. The molecule has 1 heterocycles. The van der Waals surface area contributed by atoms with E-state index >= 15 is 0 Å². The number of ether oxygens (including phenoxy) is 2. The Morgan fingerprint density at radius 2 is 2.43 bits per heavy atom. The first-order valence-electron chi connectivity index (χ1n) is 4.80. The number of hydrogen-bond acceptors (Lipinski definition) is 3. The predicted octanol–water partition coefficient (Wildman–Crippen LogP) is 1.81. The molecule has 0 fully saturated rings. The lowest BCUT2D eigenvalue weighted by molar-refractivity contribution is 0.0847. The quantitative estimate of drug-likeness (QED) is 0.777. The largest absolute Gasteiger partial charge is 0.484 e. The standard InChI is InChI=1S/C11H15NO2/c1-8-4-3-5-10-11(8)12-6-9(14-10)7-13-2/h3-5,9,12H,6-7H2,1-2H3. The second kappa shape index (κ2) is 3.88. The van der Waals surface area contributed by atoms with Crippen LogP contribution in [0.4, 0.5) is 5.69 Å². The van der Waals surface area contributed by atoms with Crippen LogP contribution in [0.5, 0.6) is 5.75 Å². The van der Waals surface area contributed by atoms with Crippen molar-refractivity contribution in [3.05, 3.63) is 23.8 Å². The molecule has 1 N–H and O–H groups in total. The molecule has 1 atom stereocenters. The minimum atomic E-state index is 0.120. The molecule has 0 saturated carbocycles. The highest BCUT2D eigenvalue weighted by atomic mass is 16.5. The number of nitrogens with one attached hydrogen (secondary N) is 1. The summed E-state index contributed by atoms with van der Waals surface area (Å²) in [6, 6.07) is 6.06. The third-order valence-electron chi connectivity index (χ3n) is 2.39. The molecule has 76 valence electrons. The van der Waals surface area contributed by atoms with Gasteiger partial charge in [0.05, 0.1) is 18.8 Å². The van der Waals surface area contributed by atoms with E-state index in [0.717, 1.165) is 18.0 Å². The second-order valence-electron chi connectivity index (χ2n) is 3.52. The maximum atomic E-state index is 5.77. The predicted molar refractivity (Wildman–Crippen MR) is 56.0 cm³/mol. The fourth-order valence-electron chi connectivity index (χ4n) is 1.68. The third kappa shape index (κ3) is 1.68. The van der Waals surface area contributed by atoms with Gasteiger partial charge in [-0.05, 0) is 18.6 Å². The molecule has 1 aromatic carbocycles. The summed E-state index contributed by atoms with van der Waals surface area (Å²) in [6.07, 6.45) is 0.120. The SMILES string of the molecule is COCC1CNc2c(C)cccc2O1. The fourth-order valence-corrected chi connectivity index (χ4v) is 1.68. The molecule has 0 saturated heterocycles. The van der Waals surface area contributed by atoms with E-state index in [2.05, 4.69) is 18.3 Å². The fraction of sp³-hybridized carbons (Fsp3) is 0.455. The van der Waals surface area contributed by atoms with Gasteiger partial charge in [0.1, 0.15) is 11.9 Å². The highest BCUT2D eigenvalue weighted by molar-refractivity contribution is 5.62. The molecule has 0 aromatic heterocycles. The van der Waals surface area contributed by atoms with E-state index in [1.54, 1.807) is 7.11 Å². The topological polar surface area (TPSA) is 30.5 Å². The Labute approximate surface area is 84.0 Å². The lowest BCUT2D eigenvalue weighted by atomic mass is 10.1. The third-order valence-corrected chi connectivity index (χ3v) is 2.39. The molecule has 1 aromatic rings. The molecule has 1 aliphatic heterocycles. The van der Waals surface area contributed by atoms with Crippen molar-refractivity contribution in [3.63, 3.8) is 0 Å². The van der Waals surface area contributed by atoms with Crippen molar-refractivity contribution in [2.24, 2.45) is 0 Å². The van der Waals surface area contributed by atoms with Crippen molar-refractivity contribution in [2.75, 3.05) is 25.6 Å². The Bertz CT molecular complexity index is 325. The molecule has 0 amide bonds. The Kier molecular flexibility index (Phi) is 2.59. The first-order chi connectivity index (χ1) is 6.81. The summed E-state index contributed by atoms with van der Waals surface area (Å²) in [5.41, 5.74) is 2.33. The van der Waals surface area contributed by atoms with Crippen LogP contribution in [0.3, 0.4) is 0 Å². The van der Waals surface area contributed by atoms with Gasteiger partial charge in [0, 0.05) is 7.11 Å². The van der Waals surface area contributed by atoms with Crippen molar-refractivity contribution in [3.8, 4) is 5.75 Å². The van der Waals surface area contributed by atoms with Crippen molar-refractivity contribution in [1.29, 1.82) is 0 Å². The molecule has 14 heavy (non-hydrogen) atoms. The molecule has 3 nitrogen and oxygen atoms in total. The number of benzene rings is 1. The average molecular weight is 193 g/mol. The van der Waals surface area contributed by atoms with Gasteiger partial charge in [0.15, 0.2) is 0 Å². The Morgan fingerprint density at radius 3 is 3.21 bits per heavy atom. The number of methoxy groups -OCH3 is 1. The maximum Gasteiger partial charge on any atom is 0.143 e. The van der Waals surface area contributed by atoms with Gasteiger partial charge in [-0.1, -0.05) is 12.1 Å². The van der Waals surface area contributed by atoms with Gasteiger partial charge >= 0.3 is 0 Å². The molecule has 0 aliphatic carbocycles.